The highest BCUT2D eigenvalue weighted by molar-refractivity contribution is 7.91. The SMILES string of the molecule is COc1ccc(S(C)(=O)=O)cc1S(=O)(=O)NCc1ccc(F)cc1. The molecule has 9 heteroatoms. The van der Waals surface area contributed by atoms with Crippen molar-refractivity contribution in [2.75, 3.05) is 13.4 Å². The Kier molecular flexibility index (Phi) is 5.26. The molecule has 2 aromatic rings. The number of halogens is 1. The van der Waals surface area contributed by atoms with E-state index in [-0.39, 0.29) is 22.1 Å². The van der Waals surface area contributed by atoms with Crippen molar-refractivity contribution in [2.45, 2.75) is 16.3 Å². The van der Waals surface area contributed by atoms with Crippen molar-refractivity contribution >= 4 is 19.9 Å². The Morgan fingerprint density at radius 3 is 2.21 bits per heavy atom. The average Bonchev–Trinajstić information content (AvgIpc) is 2.53. The minimum Gasteiger partial charge on any atom is -0.495 e. The molecule has 24 heavy (non-hydrogen) atoms. The average molecular weight is 373 g/mol. The first-order valence-corrected chi connectivity index (χ1v) is 10.1. The lowest BCUT2D eigenvalue weighted by molar-refractivity contribution is 0.401. The molecule has 0 aromatic heterocycles. The maximum absolute atomic E-state index is 12.9. The van der Waals surface area contributed by atoms with Crippen molar-refractivity contribution in [3.8, 4) is 5.75 Å². The smallest absolute Gasteiger partial charge is 0.244 e. The van der Waals surface area contributed by atoms with E-state index >= 15 is 0 Å². The molecule has 0 saturated carbocycles. The predicted octanol–water partition coefficient (Wildman–Crippen LogP) is 1.72. The standard InChI is InChI=1S/C15H16FNO5S2/c1-22-14-8-7-13(23(2,18)19)9-15(14)24(20,21)17-10-11-3-5-12(16)6-4-11/h3-9,17H,10H2,1-2H3. The Labute approximate surface area is 140 Å². The van der Waals surface area contributed by atoms with Gasteiger partial charge in [-0.25, -0.2) is 25.9 Å². The number of rotatable bonds is 6. The van der Waals surface area contributed by atoms with Crippen molar-refractivity contribution in [1.29, 1.82) is 0 Å². The summed E-state index contributed by atoms with van der Waals surface area (Å²) in [5.41, 5.74) is 0.554. The lowest BCUT2D eigenvalue weighted by Gasteiger charge is -2.12. The van der Waals surface area contributed by atoms with E-state index < -0.39 is 25.7 Å². The minimum atomic E-state index is -4.03. The molecule has 2 aromatic carbocycles. The van der Waals surface area contributed by atoms with Gasteiger partial charge in [0.05, 0.1) is 12.0 Å². The Bertz CT molecular complexity index is 938. The summed E-state index contributed by atoms with van der Waals surface area (Å²) in [4.78, 5) is -0.416. The van der Waals surface area contributed by atoms with Crippen LogP contribution in [0.1, 0.15) is 5.56 Å². The minimum absolute atomic E-state index is 0.0222. The van der Waals surface area contributed by atoms with Gasteiger partial charge in [0.15, 0.2) is 9.84 Å². The third-order valence-corrected chi connectivity index (χ3v) is 5.77. The summed E-state index contributed by atoms with van der Waals surface area (Å²) >= 11 is 0. The van der Waals surface area contributed by atoms with Gasteiger partial charge in [-0.05, 0) is 35.9 Å². The van der Waals surface area contributed by atoms with E-state index in [0.29, 0.717) is 5.56 Å². The van der Waals surface area contributed by atoms with Crippen LogP contribution in [0.4, 0.5) is 4.39 Å². The summed E-state index contributed by atoms with van der Waals surface area (Å²) in [6, 6.07) is 8.92. The van der Waals surface area contributed by atoms with Gasteiger partial charge in [-0.15, -0.1) is 0 Å². The van der Waals surface area contributed by atoms with Crippen LogP contribution in [0, 0.1) is 5.82 Å². The van der Waals surface area contributed by atoms with Crippen LogP contribution in [0.25, 0.3) is 0 Å². The number of methoxy groups -OCH3 is 1. The van der Waals surface area contributed by atoms with E-state index in [1.54, 1.807) is 0 Å². The van der Waals surface area contributed by atoms with Crippen molar-refractivity contribution in [1.82, 2.24) is 4.72 Å². The van der Waals surface area contributed by atoms with Gasteiger partial charge < -0.3 is 4.74 Å². The van der Waals surface area contributed by atoms with Crippen LogP contribution >= 0.6 is 0 Å². The second-order valence-electron chi connectivity index (χ2n) is 5.04. The molecular formula is C15H16FNO5S2. The molecule has 0 amide bonds. The van der Waals surface area contributed by atoms with Gasteiger partial charge in [0.1, 0.15) is 16.5 Å². The first-order chi connectivity index (χ1) is 11.1. The maximum atomic E-state index is 12.9. The number of sulfonamides is 1. The number of ether oxygens (including phenoxy) is 1. The zero-order valence-electron chi connectivity index (χ0n) is 13.0. The summed E-state index contributed by atoms with van der Waals surface area (Å²) in [6.07, 6.45) is 0.983. The van der Waals surface area contributed by atoms with Gasteiger partial charge in [0, 0.05) is 12.8 Å². The van der Waals surface area contributed by atoms with Gasteiger partial charge in [-0.1, -0.05) is 12.1 Å². The molecule has 0 atom stereocenters. The predicted molar refractivity (Wildman–Crippen MR) is 86.5 cm³/mol. The molecule has 0 aliphatic heterocycles. The molecule has 0 aliphatic carbocycles. The lowest BCUT2D eigenvalue weighted by atomic mass is 10.2. The zero-order chi connectivity index (χ0) is 18.0. The summed E-state index contributed by atoms with van der Waals surface area (Å²) in [6.45, 7) is -0.0745. The zero-order valence-corrected chi connectivity index (χ0v) is 14.6. The van der Waals surface area contributed by atoms with Crippen molar-refractivity contribution in [3.05, 3.63) is 53.8 Å². The van der Waals surface area contributed by atoms with E-state index in [1.807, 2.05) is 0 Å². The molecule has 0 unspecified atom stereocenters. The van der Waals surface area contributed by atoms with Gasteiger partial charge in [-0.3, -0.25) is 0 Å². The molecule has 0 saturated heterocycles. The molecule has 6 nitrogen and oxygen atoms in total. The van der Waals surface area contributed by atoms with E-state index in [0.717, 1.165) is 12.3 Å². The van der Waals surface area contributed by atoms with Gasteiger partial charge in [0.2, 0.25) is 10.0 Å². The van der Waals surface area contributed by atoms with Crippen LogP contribution in [-0.4, -0.2) is 30.2 Å². The highest BCUT2D eigenvalue weighted by Gasteiger charge is 2.22. The maximum Gasteiger partial charge on any atom is 0.244 e. The molecular weight excluding hydrogens is 357 g/mol. The second-order valence-corrected chi connectivity index (χ2v) is 8.79. The summed E-state index contributed by atoms with van der Waals surface area (Å²) in [5, 5.41) is 0. The fourth-order valence-electron chi connectivity index (χ4n) is 1.96. The van der Waals surface area contributed by atoms with Crippen molar-refractivity contribution in [3.63, 3.8) is 0 Å². The monoisotopic (exact) mass is 373 g/mol. The van der Waals surface area contributed by atoms with Crippen molar-refractivity contribution < 1.29 is 26.0 Å². The summed E-state index contributed by atoms with van der Waals surface area (Å²) in [5.74, 6) is -0.405. The normalized spacial score (nSPS) is 12.1. The van der Waals surface area contributed by atoms with Crippen LogP contribution in [0.5, 0.6) is 5.75 Å². The quantitative estimate of drug-likeness (QED) is 0.833. The first-order valence-electron chi connectivity index (χ1n) is 6.76. The van der Waals surface area contributed by atoms with Crippen LogP contribution < -0.4 is 9.46 Å². The Morgan fingerprint density at radius 2 is 1.67 bits per heavy atom. The number of sulfone groups is 1. The molecule has 130 valence electrons. The Hall–Kier alpha value is -1.97. The van der Waals surface area contributed by atoms with Crippen LogP contribution in [-0.2, 0) is 26.4 Å². The van der Waals surface area contributed by atoms with Gasteiger partial charge >= 0.3 is 0 Å². The molecule has 0 radical (unpaired) electrons. The fraction of sp³-hybridized carbons (Fsp3) is 0.200. The summed E-state index contributed by atoms with van der Waals surface area (Å²) < 4.78 is 68.4. The molecule has 2 rings (SSSR count). The third-order valence-electron chi connectivity index (χ3n) is 3.23. The molecule has 0 heterocycles. The number of hydrogen-bond acceptors (Lipinski definition) is 5. The van der Waals surface area contributed by atoms with Crippen LogP contribution in [0.2, 0.25) is 0 Å². The second kappa shape index (κ2) is 6.88. The molecule has 0 bridgehead atoms. The third kappa shape index (κ3) is 4.31. The van der Waals surface area contributed by atoms with Crippen molar-refractivity contribution in [2.24, 2.45) is 0 Å². The Balaban J connectivity index is 2.35. The summed E-state index contributed by atoms with van der Waals surface area (Å²) in [7, 11) is -6.31. The first kappa shape index (κ1) is 18.4. The van der Waals surface area contributed by atoms with Crippen LogP contribution in [0.3, 0.4) is 0 Å². The van der Waals surface area contributed by atoms with Gasteiger partial charge in [-0.2, -0.15) is 0 Å². The molecule has 0 fully saturated rings. The molecule has 1 N–H and O–H groups in total. The number of nitrogens with one attached hydrogen (secondary N) is 1. The van der Waals surface area contributed by atoms with Crippen LogP contribution in [0.15, 0.2) is 52.3 Å². The Morgan fingerprint density at radius 1 is 1.04 bits per heavy atom. The van der Waals surface area contributed by atoms with E-state index in [4.69, 9.17) is 4.74 Å². The highest BCUT2D eigenvalue weighted by Crippen LogP contribution is 2.26. The molecule has 0 spiro atoms. The highest BCUT2D eigenvalue weighted by atomic mass is 32.2. The topological polar surface area (TPSA) is 89.5 Å². The van der Waals surface area contributed by atoms with Gasteiger partial charge in [0.25, 0.3) is 0 Å². The van der Waals surface area contributed by atoms with E-state index in [9.17, 15) is 21.2 Å². The molecule has 0 aliphatic rings. The number of hydrogen-bond donors (Lipinski definition) is 1. The van der Waals surface area contributed by atoms with E-state index in [2.05, 4.69) is 4.72 Å². The largest absolute Gasteiger partial charge is 0.495 e. The lowest BCUT2D eigenvalue weighted by Crippen LogP contribution is -2.24. The number of benzene rings is 2. The fourth-order valence-corrected chi connectivity index (χ4v) is 3.89. The van der Waals surface area contributed by atoms with E-state index in [1.165, 1.54) is 43.5 Å².